The van der Waals surface area contributed by atoms with E-state index in [0.29, 0.717) is 0 Å². The maximum atomic E-state index is 4.56. The second kappa shape index (κ2) is 8.54. The Morgan fingerprint density at radius 1 is 1.28 bits per heavy atom. The van der Waals surface area contributed by atoms with Crippen molar-refractivity contribution in [3.05, 3.63) is 22.4 Å². The number of nitrogens with zero attached hydrogens (tertiary/aromatic N) is 3. The molecule has 0 saturated carbocycles. The highest BCUT2D eigenvalue weighted by molar-refractivity contribution is 7.10. The van der Waals surface area contributed by atoms with Crippen molar-refractivity contribution < 1.29 is 0 Å². The number of likely N-dealkylation sites (tertiary alicyclic amines) is 2. The molecular weight excluding hydrogens is 328 g/mol. The molecule has 0 spiro atoms. The van der Waals surface area contributed by atoms with Gasteiger partial charge in [-0.15, -0.1) is 11.3 Å². The molecule has 0 radical (unpaired) electrons. The van der Waals surface area contributed by atoms with Crippen LogP contribution in [0.5, 0.6) is 0 Å². The quantitative estimate of drug-likeness (QED) is 0.643. The molecule has 3 heterocycles. The number of piperidine rings is 1. The first-order valence-electron chi connectivity index (χ1n) is 9.80. The molecule has 2 saturated heterocycles. The van der Waals surface area contributed by atoms with E-state index < -0.39 is 0 Å². The monoisotopic (exact) mass is 362 g/mol. The molecule has 25 heavy (non-hydrogen) atoms. The van der Waals surface area contributed by atoms with E-state index in [9.17, 15) is 0 Å². The molecule has 0 amide bonds. The summed E-state index contributed by atoms with van der Waals surface area (Å²) in [6, 6.07) is 4.38. The van der Waals surface area contributed by atoms with E-state index in [1.54, 1.807) is 0 Å². The van der Waals surface area contributed by atoms with Gasteiger partial charge in [-0.05, 0) is 49.7 Å². The third-order valence-corrected chi connectivity index (χ3v) is 6.87. The molecule has 1 atom stereocenters. The zero-order chi connectivity index (χ0) is 17.7. The van der Waals surface area contributed by atoms with E-state index in [-0.39, 0.29) is 5.41 Å². The average molecular weight is 363 g/mol. The van der Waals surface area contributed by atoms with Gasteiger partial charge in [-0.2, -0.15) is 0 Å². The average Bonchev–Trinajstić information content (AvgIpc) is 3.29. The van der Waals surface area contributed by atoms with E-state index in [2.05, 4.69) is 51.5 Å². The number of nitrogens with one attached hydrogen (secondary N) is 1. The summed E-state index contributed by atoms with van der Waals surface area (Å²) in [5, 5.41) is 5.80. The Morgan fingerprint density at radius 2 is 2.08 bits per heavy atom. The smallest absolute Gasteiger partial charge is 0.193 e. The maximum Gasteiger partial charge on any atom is 0.193 e. The summed E-state index contributed by atoms with van der Waals surface area (Å²) in [6.45, 7) is 11.7. The summed E-state index contributed by atoms with van der Waals surface area (Å²) < 4.78 is 0. The van der Waals surface area contributed by atoms with Crippen LogP contribution in [0.25, 0.3) is 0 Å². The van der Waals surface area contributed by atoms with Gasteiger partial charge < -0.3 is 15.1 Å². The summed E-state index contributed by atoms with van der Waals surface area (Å²) in [7, 11) is 1.92. The van der Waals surface area contributed by atoms with E-state index in [4.69, 9.17) is 0 Å². The molecule has 2 fully saturated rings. The van der Waals surface area contributed by atoms with E-state index >= 15 is 0 Å². The van der Waals surface area contributed by atoms with E-state index in [1.165, 1.54) is 50.2 Å². The fraction of sp³-hybridized carbons (Fsp3) is 0.750. The van der Waals surface area contributed by atoms with Gasteiger partial charge in [0.05, 0.1) is 0 Å². The first-order valence-corrected chi connectivity index (χ1v) is 10.7. The van der Waals surface area contributed by atoms with Gasteiger partial charge in [0.2, 0.25) is 0 Å². The van der Waals surface area contributed by atoms with Gasteiger partial charge in [0.25, 0.3) is 0 Å². The van der Waals surface area contributed by atoms with E-state index in [1.807, 2.05) is 18.4 Å². The van der Waals surface area contributed by atoms with Crippen LogP contribution < -0.4 is 5.32 Å². The maximum absolute atomic E-state index is 4.56. The molecule has 0 bridgehead atoms. The van der Waals surface area contributed by atoms with Crippen LogP contribution in [-0.4, -0.2) is 62.1 Å². The van der Waals surface area contributed by atoms with Crippen molar-refractivity contribution in [2.75, 3.05) is 46.3 Å². The van der Waals surface area contributed by atoms with Gasteiger partial charge in [-0.1, -0.05) is 26.3 Å². The lowest BCUT2D eigenvalue weighted by atomic mass is 9.91. The number of aliphatic imine (C=N–C) groups is 1. The molecule has 2 aliphatic heterocycles. The molecule has 3 rings (SSSR count). The second-order valence-corrected chi connectivity index (χ2v) is 9.17. The van der Waals surface area contributed by atoms with Gasteiger partial charge in [0.1, 0.15) is 0 Å². The van der Waals surface area contributed by atoms with Crippen LogP contribution in [-0.2, 0) is 5.41 Å². The number of guanidine groups is 1. The standard InChI is InChI=1S/C20H34N4S/c1-20(2,18-8-7-13-25-18)16-22-19(21-3)24-12-9-17(15-24)14-23-10-5-4-6-11-23/h7-8,13,17H,4-6,9-12,14-16H2,1-3H3,(H,21,22). The highest BCUT2D eigenvalue weighted by Gasteiger charge is 2.28. The molecule has 140 valence electrons. The lowest BCUT2D eigenvalue weighted by molar-refractivity contribution is 0.198. The minimum Gasteiger partial charge on any atom is -0.355 e. The van der Waals surface area contributed by atoms with Crippen molar-refractivity contribution in [1.29, 1.82) is 0 Å². The Kier molecular flexibility index (Phi) is 6.39. The van der Waals surface area contributed by atoms with Crippen molar-refractivity contribution in [2.24, 2.45) is 10.9 Å². The Bertz CT molecular complexity index is 546. The van der Waals surface area contributed by atoms with Gasteiger partial charge >= 0.3 is 0 Å². The molecule has 2 aliphatic rings. The molecular formula is C20H34N4S. The largest absolute Gasteiger partial charge is 0.355 e. The summed E-state index contributed by atoms with van der Waals surface area (Å²) in [5.74, 6) is 1.87. The zero-order valence-electron chi connectivity index (χ0n) is 16.1. The van der Waals surface area contributed by atoms with Crippen LogP contribution in [0.1, 0.15) is 44.4 Å². The number of rotatable bonds is 5. The van der Waals surface area contributed by atoms with E-state index in [0.717, 1.165) is 31.5 Å². The van der Waals surface area contributed by atoms with Crippen LogP contribution >= 0.6 is 11.3 Å². The summed E-state index contributed by atoms with van der Waals surface area (Å²) >= 11 is 1.84. The fourth-order valence-corrected chi connectivity index (χ4v) is 4.92. The van der Waals surface area contributed by atoms with Crippen LogP contribution in [0, 0.1) is 5.92 Å². The Morgan fingerprint density at radius 3 is 2.76 bits per heavy atom. The van der Waals surface area contributed by atoms with Crippen LogP contribution in [0.15, 0.2) is 22.5 Å². The predicted molar refractivity (Wildman–Crippen MR) is 109 cm³/mol. The van der Waals surface area contributed by atoms with Crippen molar-refractivity contribution in [1.82, 2.24) is 15.1 Å². The van der Waals surface area contributed by atoms with Gasteiger partial charge in [0, 0.05) is 43.5 Å². The summed E-state index contributed by atoms with van der Waals surface area (Å²) in [6.07, 6.45) is 5.49. The van der Waals surface area contributed by atoms with Gasteiger partial charge in [0.15, 0.2) is 5.96 Å². The molecule has 1 N–H and O–H groups in total. The van der Waals surface area contributed by atoms with Gasteiger partial charge in [-0.3, -0.25) is 4.99 Å². The molecule has 1 aromatic rings. The first-order chi connectivity index (χ1) is 12.1. The van der Waals surface area contributed by atoms with Crippen molar-refractivity contribution in [2.45, 2.75) is 44.9 Å². The lowest BCUT2D eigenvalue weighted by Gasteiger charge is -2.30. The minimum atomic E-state index is 0.136. The normalized spacial score (nSPS) is 23.2. The minimum absolute atomic E-state index is 0.136. The van der Waals surface area contributed by atoms with Crippen LogP contribution in [0.3, 0.4) is 0 Å². The number of hydrogen-bond donors (Lipinski definition) is 1. The molecule has 4 nitrogen and oxygen atoms in total. The van der Waals surface area contributed by atoms with Crippen molar-refractivity contribution in [3.8, 4) is 0 Å². The predicted octanol–water partition coefficient (Wildman–Crippen LogP) is 3.41. The Hall–Kier alpha value is -1.07. The zero-order valence-corrected chi connectivity index (χ0v) is 16.9. The van der Waals surface area contributed by atoms with Crippen LogP contribution in [0.2, 0.25) is 0 Å². The second-order valence-electron chi connectivity index (χ2n) is 8.22. The number of thiophene rings is 1. The van der Waals surface area contributed by atoms with Crippen molar-refractivity contribution >= 4 is 17.3 Å². The third kappa shape index (κ3) is 4.98. The lowest BCUT2D eigenvalue weighted by Crippen LogP contribution is -2.45. The highest BCUT2D eigenvalue weighted by Crippen LogP contribution is 2.27. The third-order valence-electron chi connectivity index (χ3n) is 5.64. The highest BCUT2D eigenvalue weighted by atomic mass is 32.1. The van der Waals surface area contributed by atoms with Gasteiger partial charge in [-0.25, -0.2) is 0 Å². The Labute approximate surface area is 157 Å². The first kappa shape index (κ1) is 18.7. The molecule has 1 unspecified atom stereocenters. The van der Waals surface area contributed by atoms with Crippen LogP contribution in [0.4, 0.5) is 0 Å². The molecule has 0 aliphatic carbocycles. The Balaban J connectivity index is 1.48. The SMILES string of the molecule is CN=C(NCC(C)(C)c1cccs1)N1CCC(CN2CCCCC2)C1. The summed E-state index contributed by atoms with van der Waals surface area (Å²) in [5.41, 5.74) is 0.136. The topological polar surface area (TPSA) is 30.9 Å². The fourth-order valence-electron chi connectivity index (χ4n) is 4.06. The molecule has 0 aromatic carbocycles. The summed E-state index contributed by atoms with van der Waals surface area (Å²) in [4.78, 5) is 11.1. The molecule has 1 aromatic heterocycles. The molecule has 5 heteroatoms. The number of hydrogen-bond acceptors (Lipinski definition) is 3. The van der Waals surface area contributed by atoms with Crippen molar-refractivity contribution in [3.63, 3.8) is 0 Å².